The summed E-state index contributed by atoms with van der Waals surface area (Å²) in [5, 5.41) is 7.96. The van der Waals surface area contributed by atoms with E-state index in [0.29, 0.717) is 5.69 Å². The topological polar surface area (TPSA) is 87.3 Å². The van der Waals surface area contributed by atoms with Gasteiger partial charge in [-0.1, -0.05) is 46.3 Å². The molecule has 0 saturated heterocycles. The zero-order valence-corrected chi connectivity index (χ0v) is 16.6. The van der Waals surface area contributed by atoms with E-state index in [4.69, 9.17) is 0 Å². The van der Waals surface area contributed by atoms with E-state index in [1.54, 1.807) is 6.07 Å². The van der Waals surface area contributed by atoms with E-state index >= 15 is 0 Å². The van der Waals surface area contributed by atoms with Crippen molar-refractivity contribution in [3.63, 3.8) is 0 Å². The van der Waals surface area contributed by atoms with Gasteiger partial charge in [-0.25, -0.2) is 0 Å². The summed E-state index contributed by atoms with van der Waals surface area (Å²) < 4.78 is 0.961. The molecule has 0 aliphatic rings. The summed E-state index contributed by atoms with van der Waals surface area (Å²) in [4.78, 5) is 35.5. The highest BCUT2D eigenvalue weighted by atomic mass is 79.9. The van der Waals surface area contributed by atoms with Crippen molar-refractivity contribution in [2.75, 3.05) is 18.4 Å². The number of carbonyl (C=O) groups is 3. The molecule has 0 fully saturated rings. The van der Waals surface area contributed by atoms with Gasteiger partial charge in [0.15, 0.2) is 0 Å². The molecule has 0 spiro atoms. The van der Waals surface area contributed by atoms with Gasteiger partial charge < -0.3 is 16.0 Å². The molecule has 6 nitrogen and oxygen atoms in total. The number of hydrogen-bond acceptors (Lipinski definition) is 3. The smallest absolute Gasteiger partial charge is 0.243 e. The van der Waals surface area contributed by atoms with Gasteiger partial charge in [0.2, 0.25) is 17.7 Å². The van der Waals surface area contributed by atoms with E-state index < -0.39 is 0 Å². The number of hydrogen-bond donors (Lipinski definition) is 3. The first-order valence-corrected chi connectivity index (χ1v) is 9.36. The fraction of sp³-hybridized carbons (Fsp3) is 0.250. The molecule has 27 heavy (non-hydrogen) atoms. The summed E-state index contributed by atoms with van der Waals surface area (Å²) >= 11 is 3.40. The van der Waals surface area contributed by atoms with Crippen molar-refractivity contribution >= 4 is 39.3 Å². The molecule has 7 heteroatoms. The van der Waals surface area contributed by atoms with Gasteiger partial charge in [-0.2, -0.15) is 0 Å². The molecule has 2 aromatic rings. The summed E-state index contributed by atoms with van der Waals surface area (Å²) in [6.07, 6.45) is 0.392. The van der Waals surface area contributed by atoms with Gasteiger partial charge in [-0.15, -0.1) is 0 Å². The van der Waals surface area contributed by atoms with Crippen LogP contribution in [0.2, 0.25) is 0 Å². The molecule has 3 N–H and O–H groups in total. The van der Waals surface area contributed by atoms with Crippen molar-refractivity contribution in [3.05, 3.63) is 64.1 Å². The number of nitrogens with one attached hydrogen (secondary N) is 3. The van der Waals surface area contributed by atoms with Crippen LogP contribution in [0.5, 0.6) is 0 Å². The third-order valence-corrected chi connectivity index (χ3v) is 4.66. The number of rotatable bonds is 8. The minimum Gasteiger partial charge on any atom is -0.355 e. The van der Waals surface area contributed by atoms with Crippen LogP contribution in [0, 0.1) is 6.92 Å². The van der Waals surface area contributed by atoms with E-state index in [1.165, 1.54) is 0 Å². The Bertz CT molecular complexity index is 809. The van der Waals surface area contributed by atoms with Crippen LogP contribution < -0.4 is 16.0 Å². The Kier molecular flexibility index (Phi) is 8.00. The molecule has 2 rings (SSSR count). The van der Waals surface area contributed by atoms with E-state index in [9.17, 15) is 14.4 Å². The predicted octanol–water partition coefficient (Wildman–Crippen LogP) is 2.56. The predicted molar refractivity (Wildman–Crippen MR) is 108 cm³/mol. The van der Waals surface area contributed by atoms with Crippen LogP contribution >= 0.6 is 15.9 Å². The Hall–Kier alpha value is -2.67. The lowest BCUT2D eigenvalue weighted by molar-refractivity contribution is -0.124. The molecule has 2 aromatic carbocycles. The SMILES string of the molecule is Cc1cc(NC(=O)CNC(=O)CCNC(=O)Cc2ccccc2)ccc1Br. The molecule has 0 unspecified atom stereocenters. The van der Waals surface area contributed by atoms with E-state index in [-0.39, 0.29) is 43.7 Å². The summed E-state index contributed by atoms with van der Waals surface area (Å²) in [5.41, 5.74) is 2.59. The van der Waals surface area contributed by atoms with Crippen LogP contribution in [-0.4, -0.2) is 30.8 Å². The molecule has 0 heterocycles. The van der Waals surface area contributed by atoms with Gasteiger partial charge in [-0.05, 0) is 36.2 Å². The van der Waals surface area contributed by atoms with Crippen LogP contribution in [0.1, 0.15) is 17.5 Å². The monoisotopic (exact) mass is 431 g/mol. The van der Waals surface area contributed by atoms with E-state index in [0.717, 1.165) is 15.6 Å². The molecule has 0 bridgehead atoms. The Morgan fingerprint density at radius 3 is 2.37 bits per heavy atom. The standard InChI is InChI=1S/C20H22BrN3O3/c1-14-11-16(7-8-17(14)21)24-20(27)13-23-18(25)9-10-22-19(26)12-15-5-3-2-4-6-15/h2-8,11H,9-10,12-13H2,1H3,(H,22,26)(H,23,25)(H,24,27). The van der Waals surface area contributed by atoms with Crippen LogP contribution in [-0.2, 0) is 20.8 Å². The van der Waals surface area contributed by atoms with Crippen molar-refractivity contribution in [1.82, 2.24) is 10.6 Å². The van der Waals surface area contributed by atoms with Crippen molar-refractivity contribution < 1.29 is 14.4 Å². The molecular weight excluding hydrogens is 410 g/mol. The van der Waals surface area contributed by atoms with Gasteiger partial charge in [0.1, 0.15) is 0 Å². The fourth-order valence-electron chi connectivity index (χ4n) is 2.35. The van der Waals surface area contributed by atoms with Gasteiger partial charge in [0, 0.05) is 23.1 Å². The van der Waals surface area contributed by atoms with E-state index in [1.807, 2.05) is 49.4 Å². The third kappa shape index (κ3) is 7.62. The highest BCUT2D eigenvalue weighted by Crippen LogP contribution is 2.19. The minimum absolute atomic E-state index is 0.116. The first-order valence-electron chi connectivity index (χ1n) is 8.57. The molecule has 0 radical (unpaired) electrons. The number of anilines is 1. The van der Waals surface area contributed by atoms with Crippen LogP contribution in [0.15, 0.2) is 53.0 Å². The van der Waals surface area contributed by atoms with Crippen molar-refractivity contribution in [2.24, 2.45) is 0 Å². The second kappa shape index (κ2) is 10.5. The molecule has 142 valence electrons. The van der Waals surface area contributed by atoms with Crippen molar-refractivity contribution in [2.45, 2.75) is 19.8 Å². The second-order valence-corrected chi connectivity index (χ2v) is 6.91. The van der Waals surface area contributed by atoms with Crippen LogP contribution in [0.4, 0.5) is 5.69 Å². The average molecular weight is 432 g/mol. The summed E-state index contributed by atoms with van der Waals surface area (Å²) in [7, 11) is 0. The quantitative estimate of drug-likeness (QED) is 0.599. The maximum Gasteiger partial charge on any atom is 0.243 e. The highest BCUT2D eigenvalue weighted by molar-refractivity contribution is 9.10. The molecule has 0 aliphatic heterocycles. The maximum absolute atomic E-state index is 11.9. The van der Waals surface area contributed by atoms with E-state index in [2.05, 4.69) is 31.9 Å². The molecule has 3 amide bonds. The first kappa shape index (κ1) is 20.6. The average Bonchev–Trinajstić information content (AvgIpc) is 2.64. The minimum atomic E-state index is -0.307. The molecule has 0 aliphatic carbocycles. The van der Waals surface area contributed by atoms with Crippen molar-refractivity contribution in [1.29, 1.82) is 0 Å². The van der Waals surface area contributed by atoms with Crippen LogP contribution in [0.25, 0.3) is 0 Å². The summed E-state index contributed by atoms with van der Waals surface area (Å²) in [6.45, 7) is 2.03. The number of benzene rings is 2. The Labute approximate surface area is 166 Å². The Morgan fingerprint density at radius 1 is 0.926 bits per heavy atom. The zero-order chi connectivity index (χ0) is 19.6. The second-order valence-electron chi connectivity index (χ2n) is 6.05. The Morgan fingerprint density at radius 2 is 1.67 bits per heavy atom. The lowest BCUT2D eigenvalue weighted by Gasteiger charge is -2.09. The number of halogens is 1. The Balaban J connectivity index is 1.63. The molecule has 0 saturated carbocycles. The lowest BCUT2D eigenvalue weighted by atomic mass is 10.1. The molecule has 0 aromatic heterocycles. The van der Waals surface area contributed by atoms with Crippen LogP contribution in [0.3, 0.4) is 0 Å². The largest absolute Gasteiger partial charge is 0.355 e. The van der Waals surface area contributed by atoms with Gasteiger partial charge in [0.25, 0.3) is 0 Å². The highest BCUT2D eigenvalue weighted by Gasteiger charge is 2.08. The van der Waals surface area contributed by atoms with Gasteiger partial charge in [0.05, 0.1) is 13.0 Å². The number of aryl methyl sites for hydroxylation is 1. The number of amides is 3. The zero-order valence-electron chi connectivity index (χ0n) is 15.0. The summed E-state index contributed by atoms with van der Waals surface area (Å²) in [6, 6.07) is 14.8. The number of carbonyl (C=O) groups excluding carboxylic acids is 3. The summed E-state index contributed by atoms with van der Waals surface area (Å²) in [5.74, 6) is -0.743. The molecule has 0 atom stereocenters. The third-order valence-electron chi connectivity index (χ3n) is 3.77. The normalized spacial score (nSPS) is 10.1. The maximum atomic E-state index is 11.9. The van der Waals surface area contributed by atoms with Gasteiger partial charge >= 0.3 is 0 Å². The fourth-order valence-corrected chi connectivity index (χ4v) is 2.60. The molecular formula is C20H22BrN3O3. The van der Waals surface area contributed by atoms with Crippen molar-refractivity contribution in [3.8, 4) is 0 Å². The van der Waals surface area contributed by atoms with Gasteiger partial charge in [-0.3, -0.25) is 14.4 Å². The first-order chi connectivity index (χ1) is 12.9. The lowest BCUT2D eigenvalue weighted by Crippen LogP contribution is -2.35.